The second-order valence-corrected chi connectivity index (χ2v) is 7.27. The number of carboxylic acids is 1. The van der Waals surface area contributed by atoms with E-state index in [0.29, 0.717) is 5.75 Å². The van der Waals surface area contributed by atoms with Crippen LogP contribution in [-0.2, 0) is 9.54 Å². The van der Waals surface area contributed by atoms with Crippen LogP contribution < -0.4 is 5.73 Å². The van der Waals surface area contributed by atoms with Gasteiger partial charge in [-0.1, -0.05) is 91.0 Å². The number of benzene rings is 3. The molecule has 0 heterocycles. The van der Waals surface area contributed by atoms with Crippen molar-refractivity contribution in [2.45, 2.75) is 10.8 Å². The molecular weight excluding hydrogens is 378 g/mol. The van der Waals surface area contributed by atoms with E-state index in [1.807, 2.05) is 54.6 Å². The Balaban J connectivity index is 0.00000261. The zero-order valence-electron chi connectivity index (χ0n) is 14.7. The minimum atomic E-state index is -0.986. The molecule has 0 fully saturated rings. The topological polar surface area (TPSA) is 63.3 Å². The van der Waals surface area contributed by atoms with E-state index in [1.54, 1.807) is 11.8 Å². The number of thioether (sulfide) groups is 1. The van der Waals surface area contributed by atoms with Gasteiger partial charge in [0.25, 0.3) is 0 Å². The third kappa shape index (κ3) is 4.53. The van der Waals surface area contributed by atoms with Gasteiger partial charge in [-0.3, -0.25) is 4.79 Å². The van der Waals surface area contributed by atoms with Gasteiger partial charge in [0.15, 0.2) is 0 Å². The smallest absolute Gasteiger partial charge is 0.321 e. The normalized spacial score (nSPS) is 12.0. The maximum atomic E-state index is 11.3. The van der Waals surface area contributed by atoms with Crippen molar-refractivity contribution in [1.82, 2.24) is 0 Å². The lowest BCUT2D eigenvalue weighted by molar-refractivity contribution is -0.137. The van der Waals surface area contributed by atoms with E-state index in [-0.39, 0.29) is 12.4 Å². The van der Waals surface area contributed by atoms with E-state index in [4.69, 9.17) is 5.73 Å². The molecule has 1 atom stereocenters. The molecule has 0 spiro atoms. The number of carboxylic acid groups (broad SMARTS) is 1. The molecule has 0 bridgehead atoms. The van der Waals surface area contributed by atoms with Gasteiger partial charge in [-0.2, -0.15) is 0 Å². The number of hydrogen-bond donors (Lipinski definition) is 2. The fraction of sp³-hybridized carbons (Fsp3) is 0.136. The number of halogens is 1. The lowest BCUT2D eigenvalue weighted by Gasteiger charge is -2.36. The largest absolute Gasteiger partial charge is 0.480 e. The van der Waals surface area contributed by atoms with Crippen LogP contribution >= 0.6 is 24.2 Å². The van der Waals surface area contributed by atoms with Crippen molar-refractivity contribution in [3.05, 3.63) is 108 Å². The second kappa shape index (κ2) is 9.60. The molecule has 0 amide bonds. The van der Waals surface area contributed by atoms with Gasteiger partial charge in [0, 0.05) is 5.75 Å². The van der Waals surface area contributed by atoms with Crippen LogP contribution in [-0.4, -0.2) is 22.9 Å². The van der Waals surface area contributed by atoms with Crippen LogP contribution in [0.25, 0.3) is 0 Å². The fourth-order valence-corrected chi connectivity index (χ4v) is 4.54. The van der Waals surface area contributed by atoms with Gasteiger partial charge in [0.05, 0.1) is 4.75 Å². The van der Waals surface area contributed by atoms with Crippen molar-refractivity contribution in [2.75, 3.05) is 5.75 Å². The predicted octanol–water partition coefficient (Wildman–Crippen LogP) is 4.55. The summed E-state index contributed by atoms with van der Waals surface area (Å²) in [4.78, 5) is 11.3. The van der Waals surface area contributed by atoms with Crippen molar-refractivity contribution >= 4 is 30.1 Å². The molecule has 3 rings (SSSR count). The van der Waals surface area contributed by atoms with Crippen LogP contribution in [0.3, 0.4) is 0 Å². The summed E-state index contributed by atoms with van der Waals surface area (Å²) in [5.74, 6) is -0.686. The van der Waals surface area contributed by atoms with Crippen molar-refractivity contribution in [1.29, 1.82) is 0 Å². The highest BCUT2D eigenvalue weighted by molar-refractivity contribution is 8.00. The van der Waals surface area contributed by atoms with Gasteiger partial charge >= 0.3 is 5.97 Å². The van der Waals surface area contributed by atoms with Crippen LogP contribution in [0.15, 0.2) is 91.0 Å². The molecule has 0 aliphatic heterocycles. The van der Waals surface area contributed by atoms with E-state index in [9.17, 15) is 9.90 Å². The Morgan fingerprint density at radius 1 is 0.815 bits per heavy atom. The molecule has 140 valence electrons. The molecule has 3 N–H and O–H groups in total. The molecule has 0 saturated heterocycles. The quantitative estimate of drug-likeness (QED) is 0.572. The van der Waals surface area contributed by atoms with Crippen molar-refractivity contribution in [3.8, 4) is 0 Å². The molecular formula is C22H22ClNO2S. The summed E-state index contributed by atoms with van der Waals surface area (Å²) in [6.45, 7) is 0. The Hall–Kier alpha value is -2.27. The highest BCUT2D eigenvalue weighted by Crippen LogP contribution is 2.48. The summed E-state index contributed by atoms with van der Waals surface area (Å²) < 4.78 is -0.531. The first-order valence-electron chi connectivity index (χ1n) is 8.43. The Labute approximate surface area is 170 Å². The standard InChI is InChI=1S/C22H21NO2S.ClH/c23-20(21(24)25)16-26-22(17-10-4-1-5-11-17,18-12-6-2-7-13-18)19-14-8-3-9-15-19;/h1-15,20H,16,23H2,(H,24,25);1H/t20-;/m0./s1. The van der Waals surface area contributed by atoms with Gasteiger partial charge in [-0.15, -0.1) is 24.2 Å². The molecule has 27 heavy (non-hydrogen) atoms. The van der Waals surface area contributed by atoms with Crippen LogP contribution in [0.4, 0.5) is 0 Å². The van der Waals surface area contributed by atoms with Crippen molar-refractivity contribution < 1.29 is 9.90 Å². The first-order valence-corrected chi connectivity index (χ1v) is 9.42. The first-order chi connectivity index (χ1) is 12.6. The zero-order chi connectivity index (χ0) is 18.4. The van der Waals surface area contributed by atoms with Gasteiger partial charge in [-0.25, -0.2) is 0 Å². The summed E-state index contributed by atoms with van der Waals surface area (Å²) in [6.07, 6.45) is 0. The highest BCUT2D eigenvalue weighted by atomic mass is 35.5. The van der Waals surface area contributed by atoms with Crippen molar-refractivity contribution in [3.63, 3.8) is 0 Å². The van der Waals surface area contributed by atoms with Crippen LogP contribution in [0.2, 0.25) is 0 Å². The molecule has 0 radical (unpaired) electrons. The summed E-state index contributed by atoms with van der Waals surface area (Å²) in [5.41, 5.74) is 9.13. The molecule has 0 aliphatic carbocycles. The lowest BCUT2D eigenvalue weighted by Crippen LogP contribution is -2.36. The molecule has 0 aromatic heterocycles. The average Bonchev–Trinajstić information content (AvgIpc) is 2.70. The fourth-order valence-electron chi connectivity index (χ4n) is 3.05. The molecule has 3 aromatic carbocycles. The Morgan fingerprint density at radius 3 is 1.44 bits per heavy atom. The van der Waals surface area contributed by atoms with Gasteiger partial charge in [-0.05, 0) is 16.7 Å². The molecule has 0 saturated carbocycles. The van der Waals surface area contributed by atoms with E-state index < -0.39 is 16.8 Å². The summed E-state index contributed by atoms with van der Waals surface area (Å²) in [6, 6.07) is 29.6. The molecule has 5 heteroatoms. The molecule has 3 nitrogen and oxygen atoms in total. The minimum absolute atomic E-state index is 0. The van der Waals surface area contributed by atoms with Crippen LogP contribution in [0.5, 0.6) is 0 Å². The number of hydrogen-bond acceptors (Lipinski definition) is 3. The number of aliphatic carboxylic acids is 1. The predicted molar refractivity (Wildman–Crippen MR) is 115 cm³/mol. The third-order valence-electron chi connectivity index (χ3n) is 4.34. The van der Waals surface area contributed by atoms with Gasteiger partial charge < -0.3 is 10.8 Å². The van der Waals surface area contributed by atoms with Crippen molar-refractivity contribution in [2.24, 2.45) is 5.73 Å². The Morgan fingerprint density at radius 2 is 1.15 bits per heavy atom. The summed E-state index contributed by atoms with van der Waals surface area (Å²) in [7, 11) is 0. The summed E-state index contributed by atoms with van der Waals surface area (Å²) in [5, 5.41) is 9.25. The summed E-state index contributed by atoms with van der Waals surface area (Å²) >= 11 is 1.56. The maximum Gasteiger partial charge on any atom is 0.321 e. The number of rotatable bonds is 7. The highest BCUT2D eigenvalue weighted by Gasteiger charge is 2.37. The SMILES string of the molecule is Cl.N[C@@H](CSC(c1ccccc1)(c1ccccc1)c1ccccc1)C(=O)O. The second-order valence-electron chi connectivity index (χ2n) is 6.03. The van der Waals surface area contributed by atoms with Crippen LogP contribution in [0, 0.1) is 0 Å². The number of carbonyl (C=O) groups is 1. The zero-order valence-corrected chi connectivity index (χ0v) is 16.3. The Bertz CT molecular complexity index is 747. The van der Waals surface area contributed by atoms with E-state index in [2.05, 4.69) is 36.4 Å². The van der Waals surface area contributed by atoms with E-state index >= 15 is 0 Å². The maximum absolute atomic E-state index is 11.3. The third-order valence-corrected chi connectivity index (χ3v) is 6.00. The minimum Gasteiger partial charge on any atom is -0.480 e. The lowest BCUT2D eigenvalue weighted by atomic mass is 9.84. The molecule has 0 unspecified atom stereocenters. The monoisotopic (exact) mass is 399 g/mol. The van der Waals surface area contributed by atoms with Gasteiger partial charge in [0.1, 0.15) is 6.04 Å². The molecule has 3 aromatic rings. The van der Waals surface area contributed by atoms with Crippen LogP contribution in [0.1, 0.15) is 16.7 Å². The number of nitrogens with two attached hydrogens (primary N) is 1. The Kier molecular flexibility index (Phi) is 7.48. The van der Waals surface area contributed by atoms with Gasteiger partial charge in [0.2, 0.25) is 0 Å². The van der Waals surface area contributed by atoms with E-state index in [0.717, 1.165) is 16.7 Å². The van der Waals surface area contributed by atoms with E-state index in [1.165, 1.54) is 0 Å². The first kappa shape index (κ1) is 21.0. The average molecular weight is 400 g/mol. The molecule has 0 aliphatic rings.